The molecule has 0 spiro atoms. The summed E-state index contributed by atoms with van der Waals surface area (Å²) in [7, 11) is 0. The van der Waals surface area contributed by atoms with Gasteiger partial charge >= 0.3 is 0 Å². The minimum Gasteiger partial charge on any atom is -0.457 e. The summed E-state index contributed by atoms with van der Waals surface area (Å²) >= 11 is 0. The third-order valence-electron chi connectivity index (χ3n) is 4.82. The number of hydrogen-bond donors (Lipinski definition) is 2. The number of ether oxygens (including phenoxy) is 1. The molecule has 0 atom stereocenters. The summed E-state index contributed by atoms with van der Waals surface area (Å²) in [5.74, 6) is 0.941. The van der Waals surface area contributed by atoms with Crippen LogP contribution >= 0.6 is 0 Å². The highest BCUT2D eigenvalue weighted by molar-refractivity contribution is 5.89. The standard InChI is InChI=1S/C19H19NO3/c21-18(20-12-19(22)10-5-11-19)17-13-6-1-3-8-15(13)23-16-9-4-2-7-14(16)17/h1-4,6-9,17,22H,5,10-12H2,(H,20,21). The lowest BCUT2D eigenvalue weighted by molar-refractivity contribution is -0.124. The van der Waals surface area contributed by atoms with Crippen molar-refractivity contribution in [3.05, 3.63) is 59.7 Å². The van der Waals surface area contributed by atoms with Crippen molar-refractivity contribution >= 4 is 5.91 Å². The highest BCUT2D eigenvalue weighted by Gasteiger charge is 2.37. The van der Waals surface area contributed by atoms with E-state index in [9.17, 15) is 9.90 Å². The molecule has 4 heteroatoms. The lowest BCUT2D eigenvalue weighted by atomic mass is 9.80. The van der Waals surface area contributed by atoms with Crippen LogP contribution in [0.4, 0.5) is 0 Å². The Hall–Kier alpha value is -2.33. The maximum absolute atomic E-state index is 12.8. The highest BCUT2D eigenvalue weighted by Crippen LogP contribution is 2.44. The Morgan fingerprint density at radius 3 is 2.17 bits per heavy atom. The first-order valence-electron chi connectivity index (χ1n) is 8.02. The number of carbonyl (C=O) groups is 1. The lowest BCUT2D eigenvalue weighted by Gasteiger charge is -2.37. The number of aliphatic hydroxyl groups is 1. The first-order chi connectivity index (χ1) is 11.2. The molecule has 0 saturated heterocycles. The summed E-state index contributed by atoms with van der Waals surface area (Å²) in [5, 5.41) is 13.1. The first kappa shape index (κ1) is 14.3. The van der Waals surface area contributed by atoms with Gasteiger partial charge < -0.3 is 15.2 Å². The number of benzene rings is 2. The van der Waals surface area contributed by atoms with E-state index in [2.05, 4.69) is 5.32 Å². The number of para-hydroxylation sites is 2. The Labute approximate surface area is 135 Å². The molecule has 4 rings (SSSR count). The van der Waals surface area contributed by atoms with Crippen LogP contribution in [0, 0.1) is 0 Å². The Morgan fingerprint density at radius 2 is 1.65 bits per heavy atom. The van der Waals surface area contributed by atoms with Crippen LogP contribution in [0.5, 0.6) is 11.5 Å². The van der Waals surface area contributed by atoms with Crippen molar-refractivity contribution in [3.8, 4) is 11.5 Å². The van der Waals surface area contributed by atoms with E-state index in [0.717, 1.165) is 30.4 Å². The molecular formula is C19H19NO3. The average Bonchev–Trinajstić information content (AvgIpc) is 2.55. The lowest BCUT2D eigenvalue weighted by Crippen LogP contribution is -2.48. The SMILES string of the molecule is O=C(NCC1(O)CCC1)C1c2ccccc2Oc2ccccc21. The summed E-state index contributed by atoms with van der Waals surface area (Å²) in [6.45, 7) is 0.313. The smallest absolute Gasteiger partial charge is 0.232 e. The fraction of sp³-hybridized carbons (Fsp3) is 0.316. The van der Waals surface area contributed by atoms with Crippen molar-refractivity contribution in [3.63, 3.8) is 0 Å². The van der Waals surface area contributed by atoms with Crippen LogP contribution in [-0.2, 0) is 4.79 Å². The molecule has 2 aliphatic rings. The number of amides is 1. The number of rotatable bonds is 3. The Bertz CT molecular complexity index is 706. The molecule has 1 heterocycles. The monoisotopic (exact) mass is 309 g/mol. The van der Waals surface area contributed by atoms with Crippen molar-refractivity contribution in [1.29, 1.82) is 0 Å². The molecule has 1 aliphatic heterocycles. The first-order valence-corrected chi connectivity index (χ1v) is 8.02. The molecule has 2 aromatic carbocycles. The molecule has 4 nitrogen and oxygen atoms in total. The highest BCUT2D eigenvalue weighted by atomic mass is 16.5. The zero-order valence-electron chi connectivity index (χ0n) is 12.8. The van der Waals surface area contributed by atoms with E-state index in [1.165, 1.54) is 0 Å². The fourth-order valence-corrected chi connectivity index (χ4v) is 3.31. The van der Waals surface area contributed by atoms with Crippen LogP contribution in [0.15, 0.2) is 48.5 Å². The predicted octanol–water partition coefficient (Wildman–Crippen LogP) is 2.96. The van der Waals surface area contributed by atoms with Gasteiger partial charge in [0.05, 0.1) is 11.5 Å². The Morgan fingerprint density at radius 1 is 1.09 bits per heavy atom. The summed E-state index contributed by atoms with van der Waals surface area (Å²) in [6.07, 6.45) is 2.54. The van der Waals surface area contributed by atoms with Crippen molar-refractivity contribution < 1.29 is 14.6 Å². The van der Waals surface area contributed by atoms with Gasteiger partial charge in [0.25, 0.3) is 0 Å². The Kier molecular flexibility index (Phi) is 3.34. The molecule has 0 unspecified atom stereocenters. The molecule has 0 bridgehead atoms. The van der Waals surface area contributed by atoms with Crippen LogP contribution in [0.1, 0.15) is 36.3 Å². The number of nitrogens with one attached hydrogen (secondary N) is 1. The van der Waals surface area contributed by atoms with Gasteiger partial charge in [0.15, 0.2) is 0 Å². The fourth-order valence-electron chi connectivity index (χ4n) is 3.31. The van der Waals surface area contributed by atoms with Gasteiger partial charge in [-0.3, -0.25) is 4.79 Å². The van der Waals surface area contributed by atoms with Crippen LogP contribution in [0.3, 0.4) is 0 Å². The summed E-state index contributed by atoms with van der Waals surface area (Å²) in [6, 6.07) is 15.2. The molecule has 2 N–H and O–H groups in total. The van der Waals surface area contributed by atoms with Gasteiger partial charge in [0.1, 0.15) is 11.5 Å². The van der Waals surface area contributed by atoms with Crippen molar-refractivity contribution in [2.24, 2.45) is 0 Å². The zero-order chi connectivity index (χ0) is 15.9. The molecular weight excluding hydrogens is 290 g/mol. The second-order valence-corrected chi connectivity index (χ2v) is 6.41. The van der Waals surface area contributed by atoms with E-state index in [1.807, 2.05) is 48.5 Å². The number of hydrogen-bond acceptors (Lipinski definition) is 3. The molecule has 1 aliphatic carbocycles. The molecule has 0 aromatic heterocycles. The topological polar surface area (TPSA) is 58.6 Å². The van der Waals surface area contributed by atoms with E-state index in [-0.39, 0.29) is 5.91 Å². The maximum atomic E-state index is 12.8. The van der Waals surface area contributed by atoms with E-state index < -0.39 is 11.5 Å². The predicted molar refractivity (Wildman–Crippen MR) is 86.6 cm³/mol. The van der Waals surface area contributed by atoms with Crippen LogP contribution < -0.4 is 10.1 Å². The molecule has 1 saturated carbocycles. The van der Waals surface area contributed by atoms with E-state index in [0.29, 0.717) is 18.0 Å². The van der Waals surface area contributed by atoms with Gasteiger partial charge in [-0.1, -0.05) is 36.4 Å². The second kappa shape index (κ2) is 5.39. The molecule has 0 radical (unpaired) electrons. The normalized spacial score (nSPS) is 18.1. The van der Waals surface area contributed by atoms with E-state index in [4.69, 9.17) is 4.74 Å². The summed E-state index contributed by atoms with van der Waals surface area (Å²) in [5.41, 5.74) is 1.01. The van der Waals surface area contributed by atoms with Gasteiger partial charge in [-0.2, -0.15) is 0 Å². The van der Waals surface area contributed by atoms with Gasteiger partial charge in [-0.25, -0.2) is 0 Å². The second-order valence-electron chi connectivity index (χ2n) is 6.41. The third-order valence-corrected chi connectivity index (χ3v) is 4.82. The quantitative estimate of drug-likeness (QED) is 0.916. The third kappa shape index (κ3) is 2.49. The molecule has 2 aromatic rings. The van der Waals surface area contributed by atoms with E-state index in [1.54, 1.807) is 0 Å². The molecule has 23 heavy (non-hydrogen) atoms. The Balaban J connectivity index is 1.65. The minimum absolute atomic E-state index is 0.0893. The number of fused-ring (bicyclic) bond motifs is 2. The van der Waals surface area contributed by atoms with Gasteiger partial charge in [-0.15, -0.1) is 0 Å². The molecule has 1 amide bonds. The van der Waals surface area contributed by atoms with Crippen molar-refractivity contribution in [2.75, 3.05) is 6.54 Å². The van der Waals surface area contributed by atoms with Crippen molar-refractivity contribution in [1.82, 2.24) is 5.32 Å². The average molecular weight is 309 g/mol. The van der Waals surface area contributed by atoms with Crippen LogP contribution in [0.2, 0.25) is 0 Å². The number of carbonyl (C=O) groups excluding carboxylic acids is 1. The summed E-state index contributed by atoms with van der Waals surface area (Å²) in [4.78, 5) is 12.8. The largest absolute Gasteiger partial charge is 0.457 e. The van der Waals surface area contributed by atoms with Crippen molar-refractivity contribution in [2.45, 2.75) is 30.8 Å². The molecule has 1 fully saturated rings. The minimum atomic E-state index is -0.722. The zero-order valence-corrected chi connectivity index (χ0v) is 12.8. The van der Waals surface area contributed by atoms with Gasteiger partial charge in [-0.05, 0) is 31.4 Å². The maximum Gasteiger partial charge on any atom is 0.232 e. The van der Waals surface area contributed by atoms with Gasteiger partial charge in [0, 0.05) is 17.7 Å². The van der Waals surface area contributed by atoms with Crippen LogP contribution in [-0.4, -0.2) is 23.2 Å². The van der Waals surface area contributed by atoms with E-state index >= 15 is 0 Å². The molecule has 118 valence electrons. The van der Waals surface area contributed by atoms with Crippen LogP contribution in [0.25, 0.3) is 0 Å². The summed E-state index contributed by atoms with van der Waals surface area (Å²) < 4.78 is 5.91. The van der Waals surface area contributed by atoms with Gasteiger partial charge in [0.2, 0.25) is 5.91 Å².